The molecule has 4 nitrogen and oxygen atoms in total. The Labute approximate surface area is 329 Å². The Balaban J connectivity index is 1.48. The van der Waals surface area contributed by atoms with Gasteiger partial charge < -0.3 is 14.0 Å². The van der Waals surface area contributed by atoms with E-state index in [0.29, 0.717) is 11.1 Å². The molecule has 0 aliphatic carbocycles. The van der Waals surface area contributed by atoms with Crippen LogP contribution in [-0.2, 0) is 10.8 Å². The van der Waals surface area contributed by atoms with Crippen molar-refractivity contribution in [2.75, 3.05) is 14.2 Å². The largest absolute Gasteiger partial charge is 0.700 e. The number of hydrogen-bond acceptors (Lipinski definition) is 2. The minimum Gasteiger partial charge on any atom is -0.497 e. The van der Waals surface area contributed by atoms with E-state index in [9.17, 15) is 4.39 Å². The zero-order chi connectivity index (χ0) is 39.5. The van der Waals surface area contributed by atoms with Crippen LogP contribution in [0.5, 0.6) is 11.5 Å². The highest BCUT2D eigenvalue weighted by Gasteiger charge is 2.45. The summed E-state index contributed by atoms with van der Waals surface area (Å²) in [7, 11) is 5.42. The van der Waals surface area contributed by atoms with Gasteiger partial charge in [-0.15, -0.1) is 0 Å². The van der Waals surface area contributed by atoms with Gasteiger partial charge in [-0.3, -0.25) is 4.49 Å². The van der Waals surface area contributed by atoms with Crippen molar-refractivity contribution in [3.8, 4) is 33.9 Å². The fraction of sp³-hybridized carbons (Fsp3) is 0.204. The van der Waals surface area contributed by atoms with Crippen LogP contribution in [0.3, 0.4) is 0 Å². The summed E-state index contributed by atoms with van der Waals surface area (Å²) in [6, 6.07) is 39.3. The van der Waals surface area contributed by atoms with E-state index in [1.54, 1.807) is 20.3 Å². The predicted octanol–water partition coefficient (Wildman–Crippen LogP) is 11.5. The van der Waals surface area contributed by atoms with Gasteiger partial charge in [-0.1, -0.05) is 90.1 Å². The molecule has 0 saturated heterocycles. The first-order chi connectivity index (χ1) is 26.7. The maximum atomic E-state index is 16.6. The van der Waals surface area contributed by atoms with Gasteiger partial charge >= 0.3 is 7.55 Å². The Morgan fingerprint density at radius 3 is 1.61 bits per heavy atom. The number of fused-ring (bicyclic) bond motifs is 2. The molecule has 2 aliphatic heterocycles. The third-order valence-corrected chi connectivity index (χ3v) is 10.9. The van der Waals surface area contributed by atoms with Crippen molar-refractivity contribution in [2.24, 2.45) is 0 Å². The van der Waals surface area contributed by atoms with E-state index in [1.807, 2.05) is 48.5 Å². The predicted molar refractivity (Wildman–Crippen MR) is 225 cm³/mol. The summed E-state index contributed by atoms with van der Waals surface area (Å²) < 4.78 is 46.7. The minimum absolute atomic E-state index is 0.0363. The molecule has 279 valence electrons. The molecule has 56 heavy (non-hydrogen) atoms. The van der Waals surface area contributed by atoms with Crippen LogP contribution in [0.1, 0.15) is 75.1 Å². The second kappa shape index (κ2) is 14.0. The van der Waals surface area contributed by atoms with Gasteiger partial charge in [-0.25, -0.2) is 8.78 Å². The third kappa shape index (κ3) is 6.59. The SMILES string of the molecule is COc1ccc(C2=[N+]3[B]n4c(-c5ccc(OC)cc5)cc(-c5ccc(C(C)(C)C)cc5)c4C(c4ccc(F)cc4F)=C3C(c3ccc(C(C)(C)C)cc3)=C2)cc1. The molecule has 6 aromatic rings. The Kier molecular flexibility index (Phi) is 9.23. The fourth-order valence-electron chi connectivity index (χ4n) is 7.68. The van der Waals surface area contributed by atoms with Crippen LogP contribution in [0, 0.1) is 11.6 Å². The van der Waals surface area contributed by atoms with Gasteiger partial charge in [-0.05, 0) is 105 Å². The molecule has 0 unspecified atom stereocenters. The van der Waals surface area contributed by atoms with E-state index in [2.05, 4.69) is 119 Å². The molecule has 3 heterocycles. The molecule has 1 aromatic heterocycles. The molecule has 5 aromatic carbocycles. The lowest BCUT2D eigenvalue weighted by atomic mass is 9.83. The molecule has 0 fully saturated rings. The van der Waals surface area contributed by atoms with Crippen LogP contribution in [0.4, 0.5) is 8.78 Å². The van der Waals surface area contributed by atoms with Gasteiger partial charge in [0.05, 0.1) is 31.1 Å². The van der Waals surface area contributed by atoms with E-state index >= 15 is 4.39 Å². The van der Waals surface area contributed by atoms with Crippen molar-refractivity contribution in [3.05, 3.63) is 178 Å². The van der Waals surface area contributed by atoms with Crippen molar-refractivity contribution in [2.45, 2.75) is 52.4 Å². The molecule has 0 bridgehead atoms. The van der Waals surface area contributed by atoms with Crippen LogP contribution < -0.4 is 9.47 Å². The van der Waals surface area contributed by atoms with E-state index in [-0.39, 0.29) is 10.8 Å². The van der Waals surface area contributed by atoms with Gasteiger partial charge in [0.15, 0.2) is 5.71 Å². The van der Waals surface area contributed by atoms with E-state index in [0.717, 1.165) is 73.8 Å². The summed E-state index contributed by atoms with van der Waals surface area (Å²) in [5.74, 6) is 0.230. The summed E-state index contributed by atoms with van der Waals surface area (Å²) in [5, 5.41) is 0. The Morgan fingerprint density at radius 1 is 0.571 bits per heavy atom. The van der Waals surface area contributed by atoms with Crippen LogP contribution >= 0.6 is 0 Å². The molecule has 1 radical (unpaired) electrons. The molecule has 0 saturated carbocycles. The summed E-state index contributed by atoms with van der Waals surface area (Å²) in [6.07, 6.45) is 2.18. The number of aromatic nitrogens is 1. The molecule has 2 aliphatic rings. The van der Waals surface area contributed by atoms with Crippen LogP contribution in [0.2, 0.25) is 0 Å². The van der Waals surface area contributed by atoms with Gasteiger partial charge in [-0.2, -0.15) is 0 Å². The summed E-state index contributed by atoms with van der Waals surface area (Å²) >= 11 is 0. The smallest absolute Gasteiger partial charge is 0.497 e. The molecule has 8 rings (SSSR count). The van der Waals surface area contributed by atoms with Crippen molar-refractivity contribution in [1.29, 1.82) is 0 Å². The monoisotopic (exact) mass is 742 g/mol. The molecule has 7 heteroatoms. The van der Waals surface area contributed by atoms with E-state index in [4.69, 9.17) is 9.47 Å². The summed E-state index contributed by atoms with van der Waals surface area (Å²) in [4.78, 5) is 0. The number of nitrogens with zero attached hydrogens (tertiary/aromatic N) is 2. The standard InChI is InChI=1S/C49H45BF2N2O2/c1-48(2,3)34-17-9-30(10-18-34)40-28-43(32-13-22-37(55-7)23-14-32)53-46(40)45(39-26-21-36(51)27-42(39)52)47-41(31-11-19-35(20-12-31)49(4,5)6)29-44(54(47)50-53)33-15-24-38(56-8)25-16-33/h9-29H,1-8H3/q+1. The topological polar surface area (TPSA) is 26.4 Å². The van der Waals surface area contributed by atoms with Gasteiger partial charge in [0.1, 0.15) is 23.1 Å². The zero-order valence-corrected chi connectivity index (χ0v) is 33.2. The molecule has 0 atom stereocenters. The lowest BCUT2D eigenvalue weighted by molar-refractivity contribution is -0.310. The molecule has 0 N–H and O–H groups in total. The molecule has 0 amide bonds. The van der Waals surface area contributed by atoms with E-state index in [1.165, 1.54) is 17.2 Å². The second-order valence-electron chi connectivity index (χ2n) is 16.6. The second-order valence-corrected chi connectivity index (χ2v) is 16.6. The lowest BCUT2D eigenvalue weighted by Crippen LogP contribution is -2.33. The summed E-state index contributed by atoms with van der Waals surface area (Å²) in [6.45, 7) is 13.2. The highest BCUT2D eigenvalue weighted by Crippen LogP contribution is 2.48. The molecular weight excluding hydrogens is 697 g/mol. The molecular formula is C49H45BF2N2O2+. The number of ether oxygens (including phenoxy) is 2. The maximum absolute atomic E-state index is 16.6. The van der Waals surface area contributed by atoms with Crippen LogP contribution in [0.25, 0.3) is 33.5 Å². The minimum atomic E-state index is -0.637. The van der Waals surface area contributed by atoms with Gasteiger partial charge in [0, 0.05) is 34.5 Å². The number of halogens is 2. The first kappa shape index (κ1) is 37.0. The lowest BCUT2D eigenvalue weighted by Gasteiger charge is -2.24. The first-order valence-electron chi connectivity index (χ1n) is 18.9. The Morgan fingerprint density at radius 2 is 1.09 bits per heavy atom. The maximum Gasteiger partial charge on any atom is 0.700 e. The Hall–Kier alpha value is -5.95. The first-order valence-corrected chi connectivity index (χ1v) is 18.9. The highest BCUT2D eigenvalue weighted by atomic mass is 19.1. The summed E-state index contributed by atoms with van der Waals surface area (Å²) in [5.41, 5.74) is 12.5. The normalized spacial score (nSPS) is 14.0. The number of allylic oxidation sites excluding steroid dienone is 2. The van der Waals surface area contributed by atoms with Crippen molar-refractivity contribution >= 4 is 24.4 Å². The Bertz CT molecular complexity index is 2560. The van der Waals surface area contributed by atoms with Crippen molar-refractivity contribution in [1.82, 2.24) is 4.48 Å². The van der Waals surface area contributed by atoms with Crippen molar-refractivity contribution in [3.63, 3.8) is 0 Å². The zero-order valence-electron chi connectivity index (χ0n) is 33.2. The van der Waals surface area contributed by atoms with Gasteiger partial charge in [0.2, 0.25) is 5.70 Å². The fourth-order valence-corrected chi connectivity index (χ4v) is 7.68. The number of benzene rings is 5. The van der Waals surface area contributed by atoms with Crippen LogP contribution in [0.15, 0.2) is 133 Å². The van der Waals surface area contributed by atoms with Gasteiger partial charge in [0.25, 0.3) is 0 Å². The van der Waals surface area contributed by atoms with E-state index < -0.39 is 11.6 Å². The molecule has 0 spiro atoms. The average Bonchev–Trinajstić information content (AvgIpc) is 3.76. The highest BCUT2D eigenvalue weighted by molar-refractivity contribution is 6.34. The quantitative estimate of drug-likeness (QED) is 0.152. The number of hydrogen-bond donors (Lipinski definition) is 0. The average molecular weight is 743 g/mol. The number of rotatable bonds is 7. The third-order valence-electron chi connectivity index (χ3n) is 10.9. The van der Waals surface area contributed by atoms with Crippen molar-refractivity contribution < 1.29 is 22.7 Å². The number of methoxy groups -OCH3 is 2. The van der Waals surface area contributed by atoms with Crippen LogP contribution in [-0.4, -0.2) is 36.4 Å².